The topological polar surface area (TPSA) is 12.9 Å². The van der Waals surface area contributed by atoms with Crippen LogP contribution in [0.1, 0.15) is 26.0 Å². The Morgan fingerprint density at radius 2 is 2.21 bits per heavy atom. The van der Waals surface area contributed by atoms with E-state index in [-0.39, 0.29) is 5.38 Å². The van der Waals surface area contributed by atoms with Gasteiger partial charge in [-0.2, -0.15) is 0 Å². The first-order chi connectivity index (χ1) is 6.59. The summed E-state index contributed by atoms with van der Waals surface area (Å²) in [4.78, 5) is 4.29. The van der Waals surface area contributed by atoms with E-state index in [1.807, 2.05) is 12.1 Å². The first-order valence-electron chi connectivity index (χ1n) is 4.83. The largest absolute Gasteiger partial charge is 0.260 e. The van der Waals surface area contributed by atoms with Crippen LogP contribution in [-0.2, 0) is 6.42 Å². The van der Waals surface area contributed by atoms with Crippen molar-refractivity contribution >= 4 is 27.5 Å². The fourth-order valence-corrected chi connectivity index (χ4v) is 2.29. The van der Waals surface area contributed by atoms with Crippen molar-refractivity contribution in [2.75, 3.05) is 0 Å². The molecule has 1 aromatic rings. The monoisotopic (exact) mass is 275 g/mol. The highest BCUT2D eigenvalue weighted by molar-refractivity contribution is 9.10. The lowest BCUT2D eigenvalue weighted by Gasteiger charge is -2.11. The minimum Gasteiger partial charge on any atom is -0.260 e. The number of aromatic nitrogens is 1. The van der Waals surface area contributed by atoms with Crippen molar-refractivity contribution in [2.45, 2.75) is 32.1 Å². The van der Waals surface area contributed by atoms with E-state index in [4.69, 9.17) is 11.6 Å². The van der Waals surface area contributed by atoms with Gasteiger partial charge in [0.2, 0.25) is 0 Å². The maximum atomic E-state index is 6.22. The van der Waals surface area contributed by atoms with Crippen molar-refractivity contribution < 1.29 is 0 Å². The Kier molecular flexibility index (Phi) is 4.90. The van der Waals surface area contributed by atoms with Gasteiger partial charge in [0.25, 0.3) is 0 Å². The molecule has 0 radical (unpaired) electrons. The molecule has 0 aliphatic heterocycles. The lowest BCUT2D eigenvalue weighted by Crippen LogP contribution is -2.08. The summed E-state index contributed by atoms with van der Waals surface area (Å²) in [6, 6.07) is 3.92. The molecular weight excluding hydrogens is 261 g/mol. The van der Waals surface area contributed by atoms with Gasteiger partial charge in [-0.05, 0) is 40.4 Å². The second-order valence-corrected chi connectivity index (χ2v) is 5.33. The third kappa shape index (κ3) is 3.97. The molecule has 0 aromatic carbocycles. The Morgan fingerprint density at radius 1 is 1.50 bits per heavy atom. The third-order valence-electron chi connectivity index (χ3n) is 1.98. The van der Waals surface area contributed by atoms with E-state index in [9.17, 15) is 0 Å². The van der Waals surface area contributed by atoms with Gasteiger partial charge in [0.15, 0.2) is 0 Å². The predicted molar refractivity (Wildman–Crippen MR) is 64.7 cm³/mol. The van der Waals surface area contributed by atoms with Gasteiger partial charge < -0.3 is 0 Å². The second kappa shape index (κ2) is 5.72. The van der Waals surface area contributed by atoms with Gasteiger partial charge in [0.05, 0.1) is 5.69 Å². The van der Waals surface area contributed by atoms with Crippen LogP contribution in [-0.4, -0.2) is 10.4 Å². The zero-order valence-electron chi connectivity index (χ0n) is 8.50. The van der Waals surface area contributed by atoms with Crippen molar-refractivity contribution in [3.63, 3.8) is 0 Å². The van der Waals surface area contributed by atoms with E-state index >= 15 is 0 Å². The number of alkyl halides is 1. The fraction of sp³-hybridized carbons (Fsp3) is 0.545. The van der Waals surface area contributed by atoms with E-state index in [2.05, 4.69) is 34.8 Å². The Balaban J connectivity index is 2.56. The van der Waals surface area contributed by atoms with Crippen LogP contribution in [0.25, 0.3) is 0 Å². The molecule has 1 aromatic heterocycles. The smallest absolute Gasteiger partial charge is 0.0560 e. The number of nitrogens with zero attached hydrogens (tertiary/aromatic N) is 1. The summed E-state index contributed by atoms with van der Waals surface area (Å²) < 4.78 is 1.05. The molecule has 1 heterocycles. The number of halogens is 2. The van der Waals surface area contributed by atoms with Gasteiger partial charge in [0.1, 0.15) is 0 Å². The molecule has 3 heteroatoms. The molecule has 14 heavy (non-hydrogen) atoms. The van der Waals surface area contributed by atoms with Crippen molar-refractivity contribution in [3.8, 4) is 0 Å². The molecule has 0 fully saturated rings. The normalized spacial score (nSPS) is 13.2. The van der Waals surface area contributed by atoms with Crippen LogP contribution >= 0.6 is 27.5 Å². The van der Waals surface area contributed by atoms with E-state index in [1.54, 1.807) is 6.20 Å². The van der Waals surface area contributed by atoms with E-state index in [0.29, 0.717) is 5.92 Å². The average molecular weight is 277 g/mol. The first kappa shape index (κ1) is 12.0. The predicted octanol–water partition coefficient (Wildman–Crippen LogP) is 4.04. The van der Waals surface area contributed by atoms with E-state index < -0.39 is 0 Å². The number of pyridine rings is 1. The minimum absolute atomic E-state index is 0.182. The van der Waals surface area contributed by atoms with Crippen LogP contribution in [0.2, 0.25) is 0 Å². The van der Waals surface area contributed by atoms with Crippen LogP contribution in [0.5, 0.6) is 0 Å². The lowest BCUT2D eigenvalue weighted by atomic mass is 10.0. The fourth-order valence-electron chi connectivity index (χ4n) is 1.37. The lowest BCUT2D eigenvalue weighted by molar-refractivity contribution is 0.558. The van der Waals surface area contributed by atoms with Crippen LogP contribution in [0.3, 0.4) is 0 Å². The highest BCUT2D eigenvalue weighted by atomic mass is 79.9. The molecule has 1 atom stereocenters. The average Bonchev–Trinajstić information content (AvgIpc) is 2.07. The van der Waals surface area contributed by atoms with Gasteiger partial charge in [-0.3, -0.25) is 4.98 Å². The van der Waals surface area contributed by atoms with Crippen LogP contribution < -0.4 is 0 Å². The second-order valence-electron chi connectivity index (χ2n) is 3.86. The van der Waals surface area contributed by atoms with Crippen molar-refractivity contribution in [3.05, 3.63) is 28.5 Å². The molecule has 0 amide bonds. The molecule has 0 spiro atoms. The highest BCUT2D eigenvalue weighted by Crippen LogP contribution is 2.20. The van der Waals surface area contributed by atoms with Gasteiger partial charge in [-0.1, -0.05) is 13.8 Å². The SMILES string of the molecule is CC(C)CC(Cl)Cc1ncccc1Br. The van der Waals surface area contributed by atoms with Gasteiger partial charge in [-0.15, -0.1) is 11.6 Å². The maximum absolute atomic E-state index is 6.22. The third-order valence-corrected chi connectivity index (χ3v) is 3.03. The van der Waals surface area contributed by atoms with Crippen molar-refractivity contribution in [2.24, 2.45) is 5.92 Å². The maximum Gasteiger partial charge on any atom is 0.0560 e. The molecule has 0 bridgehead atoms. The molecule has 0 aliphatic rings. The standard InChI is InChI=1S/C11H15BrClN/c1-8(2)6-9(13)7-11-10(12)4-3-5-14-11/h3-5,8-9H,6-7H2,1-2H3. The van der Waals surface area contributed by atoms with Crippen molar-refractivity contribution in [1.82, 2.24) is 4.98 Å². The molecule has 1 rings (SSSR count). The van der Waals surface area contributed by atoms with Gasteiger partial charge >= 0.3 is 0 Å². The first-order valence-corrected chi connectivity index (χ1v) is 6.06. The quantitative estimate of drug-likeness (QED) is 0.756. The molecule has 1 nitrogen and oxygen atoms in total. The highest BCUT2D eigenvalue weighted by Gasteiger charge is 2.10. The van der Waals surface area contributed by atoms with Crippen LogP contribution in [0, 0.1) is 5.92 Å². The molecule has 0 aliphatic carbocycles. The number of hydrogen-bond acceptors (Lipinski definition) is 1. The van der Waals surface area contributed by atoms with Crippen LogP contribution in [0.15, 0.2) is 22.8 Å². The Bertz CT molecular complexity index is 288. The molecule has 0 saturated heterocycles. The summed E-state index contributed by atoms with van der Waals surface area (Å²) in [5, 5.41) is 0.182. The Hall–Kier alpha value is -0.0800. The summed E-state index contributed by atoms with van der Waals surface area (Å²) in [5.74, 6) is 0.639. The zero-order valence-corrected chi connectivity index (χ0v) is 10.8. The van der Waals surface area contributed by atoms with Crippen LogP contribution in [0.4, 0.5) is 0 Å². The molecule has 1 unspecified atom stereocenters. The van der Waals surface area contributed by atoms with E-state index in [1.165, 1.54) is 0 Å². The summed E-state index contributed by atoms with van der Waals surface area (Å²) in [6.45, 7) is 4.37. The number of rotatable bonds is 4. The molecule has 0 N–H and O–H groups in total. The minimum atomic E-state index is 0.182. The molecular formula is C11H15BrClN. The molecule has 78 valence electrons. The van der Waals surface area contributed by atoms with Crippen molar-refractivity contribution in [1.29, 1.82) is 0 Å². The van der Waals surface area contributed by atoms with E-state index in [0.717, 1.165) is 23.0 Å². The van der Waals surface area contributed by atoms with Gasteiger partial charge in [0, 0.05) is 22.5 Å². The Labute approximate surface area is 99.0 Å². The summed E-state index contributed by atoms with van der Waals surface area (Å²) in [7, 11) is 0. The van der Waals surface area contributed by atoms with Gasteiger partial charge in [-0.25, -0.2) is 0 Å². The molecule has 0 saturated carbocycles. The Morgan fingerprint density at radius 3 is 2.79 bits per heavy atom. The summed E-state index contributed by atoms with van der Waals surface area (Å²) in [6.07, 6.45) is 3.67. The summed E-state index contributed by atoms with van der Waals surface area (Å²) in [5.41, 5.74) is 1.05. The zero-order chi connectivity index (χ0) is 10.6. The summed E-state index contributed by atoms with van der Waals surface area (Å²) >= 11 is 9.69. The number of hydrogen-bond donors (Lipinski definition) is 0.